The van der Waals surface area contributed by atoms with E-state index in [0.29, 0.717) is 13.1 Å². The number of amides is 1. The third kappa shape index (κ3) is 3.32. The molecule has 126 valence electrons. The Hall–Kier alpha value is -2.63. The Morgan fingerprint density at radius 1 is 1.17 bits per heavy atom. The maximum absolute atomic E-state index is 12.5. The highest BCUT2D eigenvalue weighted by Gasteiger charge is 2.27. The Balaban J connectivity index is 1.62. The van der Waals surface area contributed by atoms with E-state index in [-0.39, 0.29) is 23.5 Å². The second kappa shape index (κ2) is 6.86. The van der Waals surface area contributed by atoms with Crippen molar-refractivity contribution < 1.29 is 9.53 Å². The number of benzene rings is 1. The summed E-state index contributed by atoms with van der Waals surface area (Å²) in [5, 5.41) is 0. The van der Waals surface area contributed by atoms with Gasteiger partial charge in [-0.25, -0.2) is 9.97 Å². The van der Waals surface area contributed by atoms with Crippen molar-refractivity contribution in [2.75, 3.05) is 18.8 Å². The van der Waals surface area contributed by atoms with Gasteiger partial charge in [-0.05, 0) is 25.0 Å². The van der Waals surface area contributed by atoms with E-state index in [2.05, 4.69) is 35.9 Å². The Morgan fingerprint density at radius 2 is 1.79 bits per heavy atom. The van der Waals surface area contributed by atoms with Gasteiger partial charge in [-0.3, -0.25) is 4.79 Å². The van der Waals surface area contributed by atoms with Gasteiger partial charge in [0.2, 0.25) is 0 Å². The van der Waals surface area contributed by atoms with Crippen LogP contribution in [0.15, 0.2) is 30.6 Å². The van der Waals surface area contributed by atoms with Crippen molar-refractivity contribution in [3.05, 3.63) is 47.4 Å². The maximum atomic E-state index is 12.5. The smallest absolute Gasteiger partial charge is 0.276 e. The highest BCUT2D eigenvalue weighted by molar-refractivity contribution is 5.96. The predicted molar refractivity (Wildman–Crippen MR) is 91.9 cm³/mol. The number of aryl methyl sites for hydroxylation is 2. The molecule has 3 rings (SSSR count). The number of likely N-dealkylation sites (tertiary alicyclic amines) is 1. The Bertz CT molecular complexity index is 719. The average Bonchev–Trinajstić information content (AvgIpc) is 2.59. The Morgan fingerprint density at radius 3 is 2.42 bits per heavy atom. The molecule has 0 spiro atoms. The van der Waals surface area contributed by atoms with E-state index < -0.39 is 0 Å². The number of nitrogen functional groups attached to an aromatic ring is 1. The van der Waals surface area contributed by atoms with E-state index in [1.54, 1.807) is 4.90 Å². The fourth-order valence-corrected chi connectivity index (χ4v) is 2.99. The number of piperidine rings is 1. The Kier molecular flexibility index (Phi) is 4.64. The van der Waals surface area contributed by atoms with Crippen molar-refractivity contribution in [1.82, 2.24) is 14.9 Å². The zero-order chi connectivity index (χ0) is 17.1. The first-order valence-corrected chi connectivity index (χ1v) is 8.15. The van der Waals surface area contributed by atoms with Gasteiger partial charge in [0.25, 0.3) is 5.91 Å². The Labute approximate surface area is 141 Å². The van der Waals surface area contributed by atoms with Crippen LogP contribution in [0.2, 0.25) is 0 Å². The van der Waals surface area contributed by atoms with Crippen molar-refractivity contribution >= 4 is 11.7 Å². The number of para-hydroxylation sites is 1. The largest absolute Gasteiger partial charge is 0.490 e. The van der Waals surface area contributed by atoms with Crippen LogP contribution in [-0.4, -0.2) is 40.0 Å². The van der Waals surface area contributed by atoms with Crippen molar-refractivity contribution in [2.45, 2.75) is 32.8 Å². The van der Waals surface area contributed by atoms with Crippen molar-refractivity contribution in [3.63, 3.8) is 0 Å². The molecular formula is C18H22N4O2. The van der Waals surface area contributed by atoms with Gasteiger partial charge in [0, 0.05) is 38.3 Å². The summed E-state index contributed by atoms with van der Waals surface area (Å²) in [5.74, 6) is 0.975. The fourth-order valence-electron chi connectivity index (χ4n) is 2.99. The number of nitrogens with zero attached hydrogens (tertiary/aromatic N) is 3. The van der Waals surface area contributed by atoms with Gasteiger partial charge in [-0.1, -0.05) is 18.2 Å². The molecule has 2 N–H and O–H groups in total. The van der Waals surface area contributed by atoms with E-state index in [1.165, 1.54) is 12.4 Å². The lowest BCUT2D eigenvalue weighted by atomic mass is 10.1. The van der Waals surface area contributed by atoms with Crippen LogP contribution in [0.1, 0.15) is 34.5 Å². The van der Waals surface area contributed by atoms with Gasteiger partial charge in [0.15, 0.2) is 11.5 Å². The second-order valence-electron chi connectivity index (χ2n) is 6.12. The van der Waals surface area contributed by atoms with Crippen LogP contribution >= 0.6 is 0 Å². The molecule has 0 aliphatic carbocycles. The van der Waals surface area contributed by atoms with Gasteiger partial charge in [0.05, 0.1) is 0 Å². The number of carbonyl (C=O) groups is 1. The molecule has 0 saturated carbocycles. The van der Waals surface area contributed by atoms with Gasteiger partial charge in [0.1, 0.15) is 11.9 Å². The number of hydrogen-bond donors (Lipinski definition) is 1. The molecule has 6 heteroatoms. The zero-order valence-corrected chi connectivity index (χ0v) is 14.0. The summed E-state index contributed by atoms with van der Waals surface area (Å²) in [6.45, 7) is 5.37. The average molecular weight is 326 g/mol. The first kappa shape index (κ1) is 16.2. The topological polar surface area (TPSA) is 81.3 Å². The first-order chi connectivity index (χ1) is 11.6. The minimum atomic E-state index is -0.161. The maximum Gasteiger partial charge on any atom is 0.276 e. The molecule has 1 aliphatic heterocycles. The predicted octanol–water partition coefficient (Wildman–Crippen LogP) is 2.36. The third-order valence-electron chi connectivity index (χ3n) is 4.35. The molecular weight excluding hydrogens is 304 g/mol. The fraction of sp³-hybridized carbons (Fsp3) is 0.389. The van der Waals surface area contributed by atoms with Crippen LogP contribution in [0.4, 0.5) is 5.82 Å². The van der Waals surface area contributed by atoms with Gasteiger partial charge < -0.3 is 15.4 Å². The molecule has 1 aromatic heterocycles. The molecule has 2 aromatic rings. The number of carbonyl (C=O) groups excluding carboxylic acids is 1. The summed E-state index contributed by atoms with van der Waals surface area (Å²) in [5.41, 5.74) is 8.25. The lowest BCUT2D eigenvalue weighted by molar-refractivity contribution is 0.0588. The number of hydrogen-bond acceptors (Lipinski definition) is 5. The minimum absolute atomic E-state index is 0.119. The summed E-state index contributed by atoms with van der Waals surface area (Å²) in [7, 11) is 0. The van der Waals surface area contributed by atoms with Crippen molar-refractivity contribution in [2.24, 2.45) is 0 Å². The standard InChI is InChI=1S/C18H22N4O2/c1-12-4-3-5-13(2)16(12)24-14-6-10-22(11-7-14)18(23)15-17(19)21-9-8-20-15/h3-5,8-9,14H,6-7,10-11H2,1-2H3,(H2,19,21). The van der Waals surface area contributed by atoms with Crippen LogP contribution in [0.3, 0.4) is 0 Å². The summed E-state index contributed by atoms with van der Waals surface area (Å²) in [6.07, 6.45) is 4.67. The lowest BCUT2D eigenvalue weighted by Gasteiger charge is -2.32. The summed E-state index contributed by atoms with van der Waals surface area (Å²) < 4.78 is 6.18. The van der Waals surface area contributed by atoms with E-state index in [1.807, 2.05) is 6.07 Å². The van der Waals surface area contributed by atoms with Crippen LogP contribution in [-0.2, 0) is 0 Å². The zero-order valence-electron chi connectivity index (χ0n) is 14.0. The van der Waals surface area contributed by atoms with Gasteiger partial charge >= 0.3 is 0 Å². The van der Waals surface area contributed by atoms with E-state index in [4.69, 9.17) is 10.5 Å². The third-order valence-corrected chi connectivity index (χ3v) is 4.35. The van der Waals surface area contributed by atoms with Gasteiger partial charge in [-0.15, -0.1) is 0 Å². The number of anilines is 1. The summed E-state index contributed by atoms with van der Waals surface area (Å²) in [6, 6.07) is 6.14. The molecule has 0 bridgehead atoms. The molecule has 1 saturated heterocycles. The van der Waals surface area contributed by atoms with Crippen LogP contribution < -0.4 is 10.5 Å². The SMILES string of the molecule is Cc1cccc(C)c1OC1CCN(C(=O)c2nccnc2N)CC1. The molecule has 1 fully saturated rings. The van der Waals surface area contributed by atoms with Crippen molar-refractivity contribution in [1.29, 1.82) is 0 Å². The highest BCUT2D eigenvalue weighted by Crippen LogP contribution is 2.26. The number of ether oxygens (including phenoxy) is 1. The summed E-state index contributed by atoms with van der Waals surface area (Å²) in [4.78, 5) is 22.2. The van der Waals surface area contributed by atoms with Crippen molar-refractivity contribution in [3.8, 4) is 5.75 Å². The van der Waals surface area contributed by atoms with E-state index in [9.17, 15) is 4.79 Å². The number of aromatic nitrogens is 2. The molecule has 1 amide bonds. The molecule has 6 nitrogen and oxygen atoms in total. The van der Waals surface area contributed by atoms with Crippen LogP contribution in [0.25, 0.3) is 0 Å². The van der Waals surface area contributed by atoms with E-state index in [0.717, 1.165) is 29.7 Å². The molecule has 0 radical (unpaired) electrons. The number of nitrogens with two attached hydrogens (primary N) is 1. The second-order valence-corrected chi connectivity index (χ2v) is 6.12. The quantitative estimate of drug-likeness (QED) is 0.936. The van der Waals surface area contributed by atoms with E-state index >= 15 is 0 Å². The first-order valence-electron chi connectivity index (χ1n) is 8.15. The molecule has 1 aromatic carbocycles. The monoisotopic (exact) mass is 326 g/mol. The lowest BCUT2D eigenvalue weighted by Crippen LogP contribution is -2.42. The molecule has 0 unspecified atom stereocenters. The van der Waals surface area contributed by atoms with Gasteiger partial charge in [-0.2, -0.15) is 0 Å². The highest BCUT2D eigenvalue weighted by atomic mass is 16.5. The molecule has 24 heavy (non-hydrogen) atoms. The molecule has 1 aliphatic rings. The minimum Gasteiger partial charge on any atom is -0.490 e. The van der Waals surface area contributed by atoms with Crippen LogP contribution in [0.5, 0.6) is 5.75 Å². The van der Waals surface area contributed by atoms with Crippen LogP contribution in [0, 0.1) is 13.8 Å². The number of rotatable bonds is 3. The molecule has 0 atom stereocenters. The normalized spacial score (nSPS) is 15.3. The summed E-state index contributed by atoms with van der Waals surface area (Å²) >= 11 is 0. The molecule has 2 heterocycles.